The van der Waals surface area contributed by atoms with Gasteiger partial charge >= 0.3 is 0 Å². The molecule has 1 aromatic heterocycles. The molecule has 1 aliphatic heterocycles. The van der Waals surface area contributed by atoms with Crippen LogP contribution in [-0.2, 0) is 11.8 Å². The van der Waals surface area contributed by atoms with Gasteiger partial charge in [0.2, 0.25) is 0 Å². The van der Waals surface area contributed by atoms with Crippen molar-refractivity contribution in [2.45, 2.75) is 45.6 Å². The standard InChI is InChI=1S/C17H22N4/c1-11-9-12-7-5-6-8-13(12)21(11)15-10-14(18)19-16(20-15)17(2,3)4/h5-8,10-11H,9H2,1-4H3,(H2,18,19,20). The zero-order chi connectivity index (χ0) is 15.2. The second-order valence-electron chi connectivity index (χ2n) is 6.78. The second-order valence-corrected chi connectivity index (χ2v) is 6.78. The maximum atomic E-state index is 6.01. The second kappa shape index (κ2) is 4.72. The fraction of sp³-hybridized carbons (Fsp3) is 0.412. The van der Waals surface area contributed by atoms with E-state index in [1.807, 2.05) is 6.07 Å². The molecule has 110 valence electrons. The number of anilines is 3. The van der Waals surface area contributed by atoms with Crippen molar-refractivity contribution in [3.05, 3.63) is 41.7 Å². The molecule has 1 aromatic carbocycles. The molecular formula is C17H22N4. The maximum Gasteiger partial charge on any atom is 0.139 e. The fourth-order valence-corrected chi connectivity index (χ4v) is 2.83. The Balaban J connectivity index is 2.11. The predicted molar refractivity (Wildman–Crippen MR) is 86.9 cm³/mol. The number of fused-ring (bicyclic) bond motifs is 1. The smallest absolute Gasteiger partial charge is 0.139 e. The van der Waals surface area contributed by atoms with Crippen molar-refractivity contribution in [3.8, 4) is 0 Å². The zero-order valence-corrected chi connectivity index (χ0v) is 13.1. The molecule has 0 saturated carbocycles. The van der Waals surface area contributed by atoms with Crippen LogP contribution in [0.2, 0.25) is 0 Å². The Morgan fingerprint density at radius 1 is 1.19 bits per heavy atom. The van der Waals surface area contributed by atoms with Gasteiger partial charge < -0.3 is 10.6 Å². The van der Waals surface area contributed by atoms with Gasteiger partial charge in [-0.3, -0.25) is 0 Å². The normalized spacial score (nSPS) is 17.9. The Hall–Kier alpha value is -2.10. The minimum absolute atomic E-state index is 0.118. The number of para-hydroxylation sites is 1. The third-order valence-corrected chi connectivity index (χ3v) is 3.86. The number of nitrogens with zero attached hydrogens (tertiary/aromatic N) is 3. The summed E-state index contributed by atoms with van der Waals surface area (Å²) in [6.07, 6.45) is 1.03. The Bertz CT molecular complexity index is 673. The van der Waals surface area contributed by atoms with E-state index in [9.17, 15) is 0 Å². The molecule has 21 heavy (non-hydrogen) atoms. The first-order valence-electron chi connectivity index (χ1n) is 7.38. The van der Waals surface area contributed by atoms with Crippen molar-refractivity contribution in [1.29, 1.82) is 0 Å². The summed E-state index contributed by atoms with van der Waals surface area (Å²) in [7, 11) is 0. The summed E-state index contributed by atoms with van der Waals surface area (Å²) in [5, 5.41) is 0. The number of hydrogen-bond donors (Lipinski definition) is 1. The summed E-state index contributed by atoms with van der Waals surface area (Å²) in [6.45, 7) is 8.53. The van der Waals surface area contributed by atoms with Gasteiger partial charge in [-0.15, -0.1) is 0 Å². The first-order valence-corrected chi connectivity index (χ1v) is 7.38. The summed E-state index contributed by atoms with van der Waals surface area (Å²) in [6, 6.07) is 10.7. The SMILES string of the molecule is CC1Cc2ccccc2N1c1cc(N)nc(C(C)(C)C)n1. The third kappa shape index (κ3) is 2.46. The van der Waals surface area contributed by atoms with Crippen LogP contribution in [0.15, 0.2) is 30.3 Å². The predicted octanol–water partition coefficient (Wildman–Crippen LogP) is 3.44. The Morgan fingerprint density at radius 3 is 2.62 bits per heavy atom. The van der Waals surface area contributed by atoms with E-state index < -0.39 is 0 Å². The molecule has 1 unspecified atom stereocenters. The highest BCUT2D eigenvalue weighted by molar-refractivity contribution is 5.70. The number of nitrogens with two attached hydrogens (primary N) is 1. The van der Waals surface area contributed by atoms with Crippen LogP contribution in [-0.4, -0.2) is 16.0 Å². The minimum atomic E-state index is -0.118. The molecule has 1 atom stereocenters. The maximum absolute atomic E-state index is 6.01. The van der Waals surface area contributed by atoms with Crippen LogP contribution in [0.25, 0.3) is 0 Å². The van der Waals surface area contributed by atoms with Gasteiger partial charge in [-0.05, 0) is 25.0 Å². The fourth-order valence-electron chi connectivity index (χ4n) is 2.83. The molecule has 0 spiro atoms. The number of rotatable bonds is 1. The quantitative estimate of drug-likeness (QED) is 0.870. The highest BCUT2D eigenvalue weighted by atomic mass is 15.2. The summed E-state index contributed by atoms with van der Waals surface area (Å²) < 4.78 is 0. The molecule has 2 N–H and O–H groups in total. The van der Waals surface area contributed by atoms with Crippen molar-refractivity contribution >= 4 is 17.3 Å². The molecule has 0 saturated heterocycles. The van der Waals surface area contributed by atoms with Crippen molar-refractivity contribution < 1.29 is 0 Å². The Morgan fingerprint density at radius 2 is 1.90 bits per heavy atom. The van der Waals surface area contributed by atoms with Crippen LogP contribution in [0, 0.1) is 0 Å². The van der Waals surface area contributed by atoms with Crippen LogP contribution in [0.1, 0.15) is 39.1 Å². The van der Waals surface area contributed by atoms with Crippen LogP contribution >= 0.6 is 0 Å². The lowest BCUT2D eigenvalue weighted by Gasteiger charge is -2.26. The highest BCUT2D eigenvalue weighted by Gasteiger charge is 2.29. The minimum Gasteiger partial charge on any atom is -0.384 e. The van der Waals surface area contributed by atoms with E-state index in [1.165, 1.54) is 11.3 Å². The summed E-state index contributed by atoms with van der Waals surface area (Å²) in [4.78, 5) is 11.4. The van der Waals surface area contributed by atoms with Crippen LogP contribution < -0.4 is 10.6 Å². The van der Waals surface area contributed by atoms with Crippen LogP contribution in [0.3, 0.4) is 0 Å². The topological polar surface area (TPSA) is 55.0 Å². The van der Waals surface area contributed by atoms with Crippen molar-refractivity contribution in [2.24, 2.45) is 0 Å². The largest absolute Gasteiger partial charge is 0.384 e. The lowest BCUT2D eigenvalue weighted by atomic mass is 9.96. The van der Waals surface area contributed by atoms with E-state index in [4.69, 9.17) is 10.7 Å². The van der Waals surface area contributed by atoms with E-state index in [0.717, 1.165) is 18.1 Å². The highest BCUT2D eigenvalue weighted by Crippen LogP contribution is 2.38. The summed E-state index contributed by atoms with van der Waals surface area (Å²) in [5.41, 5.74) is 8.48. The van der Waals surface area contributed by atoms with Crippen molar-refractivity contribution in [2.75, 3.05) is 10.6 Å². The molecule has 0 fully saturated rings. The van der Waals surface area contributed by atoms with Gasteiger partial charge in [-0.25, -0.2) is 9.97 Å². The number of aromatic nitrogens is 2. The summed E-state index contributed by atoms with van der Waals surface area (Å²) in [5.74, 6) is 2.21. The third-order valence-electron chi connectivity index (χ3n) is 3.86. The lowest BCUT2D eigenvalue weighted by Crippen LogP contribution is -2.27. The van der Waals surface area contributed by atoms with Gasteiger partial charge in [0.1, 0.15) is 17.5 Å². The first kappa shape index (κ1) is 13.9. The number of nitrogen functional groups attached to an aromatic ring is 1. The van der Waals surface area contributed by atoms with E-state index in [0.29, 0.717) is 11.9 Å². The van der Waals surface area contributed by atoms with Crippen molar-refractivity contribution in [1.82, 2.24) is 9.97 Å². The first-order chi connectivity index (χ1) is 9.86. The van der Waals surface area contributed by atoms with Gasteiger partial charge in [0, 0.05) is 23.2 Å². The van der Waals surface area contributed by atoms with Gasteiger partial charge in [0.05, 0.1) is 0 Å². The molecule has 0 bridgehead atoms. The number of hydrogen-bond acceptors (Lipinski definition) is 4. The van der Waals surface area contributed by atoms with Crippen LogP contribution in [0.5, 0.6) is 0 Å². The molecule has 4 nitrogen and oxygen atoms in total. The number of benzene rings is 1. The monoisotopic (exact) mass is 282 g/mol. The van der Waals surface area contributed by atoms with Gasteiger partial charge in [0.25, 0.3) is 0 Å². The lowest BCUT2D eigenvalue weighted by molar-refractivity contribution is 0.545. The summed E-state index contributed by atoms with van der Waals surface area (Å²) >= 11 is 0. The molecule has 3 rings (SSSR count). The molecule has 2 heterocycles. The van der Waals surface area contributed by atoms with Gasteiger partial charge in [-0.2, -0.15) is 0 Å². The van der Waals surface area contributed by atoms with E-state index >= 15 is 0 Å². The van der Waals surface area contributed by atoms with E-state index in [1.54, 1.807) is 0 Å². The van der Waals surface area contributed by atoms with Crippen molar-refractivity contribution in [3.63, 3.8) is 0 Å². The Labute approximate surface area is 126 Å². The molecular weight excluding hydrogens is 260 g/mol. The molecule has 0 aliphatic carbocycles. The van der Waals surface area contributed by atoms with Crippen LogP contribution in [0.4, 0.5) is 17.3 Å². The molecule has 2 aromatic rings. The average molecular weight is 282 g/mol. The van der Waals surface area contributed by atoms with Gasteiger partial charge in [-0.1, -0.05) is 39.0 Å². The van der Waals surface area contributed by atoms with E-state index in [-0.39, 0.29) is 5.41 Å². The molecule has 0 radical (unpaired) electrons. The molecule has 0 amide bonds. The average Bonchev–Trinajstić information content (AvgIpc) is 2.72. The molecule has 4 heteroatoms. The van der Waals surface area contributed by atoms with E-state index in [2.05, 4.69) is 61.8 Å². The Kier molecular flexibility index (Phi) is 3.12. The zero-order valence-electron chi connectivity index (χ0n) is 13.1. The van der Waals surface area contributed by atoms with Gasteiger partial charge in [0.15, 0.2) is 0 Å². The molecule has 1 aliphatic rings.